The van der Waals surface area contributed by atoms with E-state index in [0.717, 1.165) is 25.5 Å². The van der Waals surface area contributed by atoms with E-state index in [1.165, 1.54) is 10.5 Å². The van der Waals surface area contributed by atoms with Crippen LogP contribution in [0.15, 0.2) is 34.2 Å². The van der Waals surface area contributed by atoms with Crippen molar-refractivity contribution in [1.29, 1.82) is 0 Å². The lowest BCUT2D eigenvalue weighted by molar-refractivity contribution is 0.785. The summed E-state index contributed by atoms with van der Waals surface area (Å²) in [7, 11) is 0. The van der Waals surface area contributed by atoms with Crippen molar-refractivity contribution in [2.24, 2.45) is 4.99 Å². The molecule has 0 saturated carbocycles. The summed E-state index contributed by atoms with van der Waals surface area (Å²) in [5.74, 6) is 0.897. The van der Waals surface area contributed by atoms with Crippen LogP contribution in [-0.4, -0.2) is 25.3 Å². The number of nitrogens with zero attached hydrogens (tertiary/aromatic N) is 1. The zero-order valence-electron chi connectivity index (χ0n) is 11.9. The first-order valence-electron chi connectivity index (χ1n) is 6.45. The number of thioether (sulfide) groups is 1. The molecule has 5 heteroatoms. The summed E-state index contributed by atoms with van der Waals surface area (Å²) in [6.45, 7) is 6.79. The highest BCUT2D eigenvalue weighted by atomic mass is 127. The molecule has 0 heterocycles. The molecule has 0 bridgehead atoms. The molecular weight excluding hydrogens is 369 g/mol. The molecule has 0 aliphatic rings. The Bertz CT molecular complexity index is 365. The quantitative estimate of drug-likeness (QED) is 0.336. The number of nitrogens with one attached hydrogen (secondary N) is 2. The van der Waals surface area contributed by atoms with Gasteiger partial charge in [0.1, 0.15) is 0 Å². The molecule has 1 rings (SSSR count). The lowest BCUT2D eigenvalue weighted by Gasteiger charge is -2.10. The van der Waals surface area contributed by atoms with E-state index in [1.807, 2.05) is 0 Å². The van der Waals surface area contributed by atoms with Crippen molar-refractivity contribution in [2.75, 3.05) is 19.3 Å². The smallest absolute Gasteiger partial charge is 0.191 e. The average molecular weight is 393 g/mol. The molecule has 0 amide bonds. The van der Waals surface area contributed by atoms with Crippen molar-refractivity contribution >= 4 is 41.7 Å². The van der Waals surface area contributed by atoms with Gasteiger partial charge < -0.3 is 10.6 Å². The highest BCUT2D eigenvalue weighted by Crippen LogP contribution is 2.15. The summed E-state index contributed by atoms with van der Waals surface area (Å²) in [5, 5.41) is 6.54. The molecule has 2 N–H and O–H groups in total. The number of aliphatic imine (C=N–C) groups is 1. The molecule has 1 aromatic rings. The second-order valence-corrected chi connectivity index (χ2v) is 4.85. The molecule has 0 aromatic heterocycles. The third kappa shape index (κ3) is 7.67. The van der Waals surface area contributed by atoms with E-state index in [2.05, 4.69) is 60.0 Å². The van der Waals surface area contributed by atoms with Gasteiger partial charge in [0.25, 0.3) is 0 Å². The third-order valence-electron chi connectivity index (χ3n) is 2.47. The maximum atomic E-state index is 4.56. The van der Waals surface area contributed by atoms with Crippen molar-refractivity contribution < 1.29 is 0 Å². The first-order chi connectivity index (χ1) is 8.80. The van der Waals surface area contributed by atoms with Gasteiger partial charge in [0, 0.05) is 18.0 Å². The van der Waals surface area contributed by atoms with E-state index >= 15 is 0 Å². The zero-order chi connectivity index (χ0) is 13.2. The summed E-state index contributed by atoms with van der Waals surface area (Å²) in [4.78, 5) is 5.85. The topological polar surface area (TPSA) is 36.4 Å². The number of guanidine groups is 1. The largest absolute Gasteiger partial charge is 0.357 e. The molecule has 1 aromatic carbocycles. The molecule has 0 spiro atoms. The van der Waals surface area contributed by atoms with Gasteiger partial charge in [-0.25, -0.2) is 4.99 Å². The minimum absolute atomic E-state index is 0. The molecule has 0 aliphatic heterocycles. The highest BCUT2D eigenvalue weighted by Gasteiger charge is 1.96. The first kappa shape index (κ1) is 18.6. The van der Waals surface area contributed by atoms with Crippen LogP contribution in [0.5, 0.6) is 0 Å². The van der Waals surface area contributed by atoms with Gasteiger partial charge in [-0.15, -0.1) is 35.7 Å². The average Bonchev–Trinajstić information content (AvgIpc) is 2.42. The predicted octanol–water partition coefficient (Wildman–Crippen LogP) is 3.49. The Hall–Kier alpha value is -0.430. The monoisotopic (exact) mass is 393 g/mol. The minimum atomic E-state index is 0. The second kappa shape index (κ2) is 11.4. The molecule has 3 nitrogen and oxygen atoms in total. The van der Waals surface area contributed by atoms with Crippen LogP contribution in [0, 0.1) is 0 Å². The van der Waals surface area contributed by atoms with Crippen molar-refractivity contribution in [3.8, 4) is 0 Å². The van der Waals surface area contributed by atoms with E-state index in [0.29, 0.717) is 6.54 Å². The summed E-state index contributed by atoms with van der Waals surface area (Å²) >= 11 is 1.76. The number of halogens is 1. The standard InChI is InChI=1S/C14H23N3S.HI/c1-4-10-16-14(15-5-2)17-11-12-6-8-13(18-3)9-7-12;/h6-9H,4-5,10-11H2,1-3H3,(H2,15,16,17);1H. The van der Waals surface area contributed by atoms with Gasteiger partial charge in [0.2, 0.25) is 0 Å². The van der Waals surface area contributed by atoms with Crippen molar-refractivity contribution in [1.82, 2.24) is 10.6 Å². The molecular formula is C14H24IN3S. The van der Waals surface area contributed by atoms with Gasteiger partial charge in [-0.2, -0.15) is 0 Å². The summed E-state index contributed by atoms with van der Waals surface area (Å²) in [6, 6.07) is 8.56. The molecule has 0 fully saturated rings. The Morgan fingerprint density at radius 2 is 1.84 bits per heavy atom. The fraction of sp³-hybridized carbons (Fsp3) is 0.500. The molecule has 0 aliphatic carbocycles. The molecule has 0 saturated heterocycles. The molecule has 19 heavy (non-hydrogen) atoms. The van der Waals surface area contributed by atoms with E-state index in [-0.39, 0.29) is 24.0 Å². The maximum absolute atomic E-state index is 4.56. The fourth-order valence-corrected chi connectivity index (χ4v) is 1.89. The van der Waals surface area contributed by atoms with Gasteiger partial charge in [0.05, 0.1) is 6.54 Å². The SMILES string of the molecule is CCCNC(=NCc1ccc(SC)cc1)NCC.I. The molecule has 108 valence electrons. The molecule has 0 unspecified atom stereocenters. The van der Waals surface area contributed by atoms with Gasteiger partial charge in [0.15, 0.2) is 5.96 Å². The van der Waals surface area contributed by atoms with Crippen molar-refractivity contribution in [3.63, 3.8) is 0 Å². The third-order valence-corrected chi connectivity index (χ3v) is 3.21. The Morgan fingerprint density at radius 3 is 2.37 bits per heavy atom. The Balaban J connectivity index is 0.00000324. The van der Waals surface area contributed by atoms with Crippen LogP contribution in [0.25, 0.3) is 0 Å². The van der Waals surface area contributed by atoms with E-state index < -0.39 is 0 Å². The van der Waals surface area contributed by atoms with E-state index in [9.17, 15) is 0 Å². The second-order valence-electron chi connectivity index (χ2n) is 3.97. The van der Waals surface area contributed by atoms with Crippen LogP contribution < -0.4 is 10.6 Å². The number of hydrogen-bond donors (Lipinski definition) is 2. The molecule has 0 radical (unpaired) electrons. The van der Waals surface area contributed by atoms with Crippen molar-refractivity contribution in [2.45, 2.75) is 31.7 Å². The Morgan fingerprint density at radius 1 is 1.16 bits per heavy atom. The Labute approximate surface area is 138 Å². The Kier molecular flexibility index (Phi) is 11.1. The first-order valence-corrected chi connectivity index (χ1v) is 7.67. The summed E-state index contributed by atoms with van der Waals surface area (Å²) in [6.07, 6.45) is 3.19. The predicted molar refractivity (Wildman–Crippen MR) is 96.7 cm³/mol. The number of hydrogen-bond acceptors (Lipinski definition) is 2. The van der Waals surface area contributed by atoms with Gasteiger partial charge in [-0.3, -0.25) is 0 Å². The fourth-order valence-electron chi connectivity index (χ4n) is 1.49. The van der Waals surface area contributed by atoms with Gasteiger partial charge in [-0.05, 0) is 37.3 Å². The maximum Gasteiger partial charge on any atom is 0.191 e. The van der Waals surface area contributed by atoms with Crippen LogP contribution in [0.1, 0.15) is 25.8 Å². The van der Waals surface area contributed by atoms with Crippen molar-refractivity contribution in [3.05, 3.63) is 29.8 Å². The van der Waals surface area contributed by atoms with Crippen LogP contribution in [0.2, 0.25) is 0 Å². The number of rotatable bonds is 6. The summed E-state index contributed by atoms with van der Waals surface area (Å²) in [5.41, 5.74) is 1.24. The van der Waals surface area contributed by atoms with Crippen LogP contribution in [0.3, 0.4) is 0 Å². The highest BCUT2D eigenvalue weighted by molar-refractivity contribution is 14.0. The lowest BCUT2D eigenvalue weighted by Crippen LogP contribution is -2.37. The normalized spacial score (nSPS) is 10.8. The van der Waals surface area contributed by atoms with Crippen LogP contribution >= 0.6 is 35.7 Å². The summed E-state index contributed by atoms with van der Waals surface area (Å²) < 4.78 is 0. The van der Waals surface area contributed by atoms with Crippen LogP contribution in [0.4, 0.5) is 0 Å². The van der Waals surface area contributed by atoms with E-state index in [1.54, 1.807) is 11.8 Å². The number of benzene rings is 1. The van der Waals surface area contributed by atoms with E-state index in [4.69, 9.17) is 0 Å². The zero-order valence-corrected chi connectivity index (χ0v) is 15.0. The lowest BCUT2D eigenvalue weighted by atomic mass is 10.2. The van der Waals surface area contributed by atoms with Gasteiger partial charge in [-0.1, -0.05) is 19.1 Å². The minimum Gasteiger partial charge on any atom is -0.357 e. The van der Waals surface area contributed by atoms with Crippen LogP contribution in [-0.2, 0) is 6.54 Å². The van der Waals surface area contributed by atoms with Gasteiger partial charge >= 0.3 is 0 Å². The molecule has 0 atom stereocenters.